The number of imidazole rings is 1. The molecule has 1 N–H and O–H groups in total. The van der Waals surface area contributed by atoms with Crippen LogP contribution in [0.4, 0.5) is 0 Å². The predicted molar refractivity (Wildman–Crippen MR) is 82.9 cm³/mol. The number of nitrogens with zero attached hydrogens (tertiary/aromatic N) is 3. The van der Waals surface area contributed by atoms with Crippen molar-refractivity contribution in [2.45, 2.75) is 32.9 Å². The molecule has 1 aliphatic rings. The van der Waals surface area contributed by atoms with Crippen LogP contribution in [-0.4, -0.2) is 40.6 Å². The van der Waals surface area contributed by atoms with Crippen LogP contribution < -0.4 is 5.32 Å². The number of aryl methyl sites for hydroxylation is 1. The van der Waals surface area contributed by atoms with Gasteiger partial charge >= 0.3 is 0 Å². The molecule has 1 saturated heterocycles. The van der Waals surface area contributed by atoms with E-state index >= 15 is 0 Å². The lowest BCUT2D eigenvalue weighted by Gasteiger charge is -2.41. The average molecular weight is 272 g/mol. The number of aromatic nitrogens is 2. The first-order chi connectivity index (χ1) is 9.63. The molecule has 0 bridgehead atoms. The van der Waals surface area contributed by atoms with Crippen molar-refractivity contribution in [3.8, 4) is 0 Å². The van der Waals surface area contributed by atoms with Gasteiger partial charge in [0.1, 0.15) is 0 Å². The molecule has 0 spiro atoms. The summed E-state index contributed by atoms with van der Waals surface area (Å²) in [4.78, 5) is 7.10. The number of nitrogens with one attached hydrogen (secondary N) is 1. The Balaban J connectivity index is 1.96. The van der Waals surface area contributed by atoms with Gasteiger partial charge in [-0.05, 0) is 38.5 Å². The number of piperazine rings is 1. The summed E-state index contributed by atoms with van der Waals surface area (Å²) in [5.74, 6) is 0. The zero-order valence-corrected chi connectivity index (χ0v) is 12.7. The first-order valence-corrected chi connectivity index (χ1v) is 7.54. The van der Waals surface area contributed by atoms with E-state index in [-0.39, 0.29) is 5.54 Å². The fourth-order valence-corrected chi connectivity index (χ4v) is 3.10. The van der Waals surface area contributed by atoms with Gasteiger partial charge in [0.25, 0.3) is 0 Å². The molecule has 0 atom stereocenters. The molecule has 3 rings (SSSR count). The lowest BCUT2D eigenvalue weighted by Crippen LogP contribution is -2.51. The topological polar surface area (TPSA) is 33.1 Å². The van der Waals surface area contributed by atoms with Crippen LogP contribution in [-0.2, 0) is 12.1 Å². The highest BCUT2D eigenvalue weighted by Gasteiger charge is 2.29. The summed E-state index contributed by atoms with van der Waals surface area (Å²) < 4.78 is 2.19. The second-order valence-corrected chi connectivity index (χ2v) is 6.03. The summed E-state index contributed by atoms with van der Waals surface area (Å²) in [6.07, 6.45) is 1.94. The van der Waals surface area contributed by atoms with Crippen LogP contribution in [0.1, 0.15) is 26.3 Å². The Bertz CT molecular complexity index is 594. The highest BCUT2D eigenvalue weighted by molar-refractivity contribution is 5.76. The molecule has 0 unspecified atom stereocenters. The van der Waals surface area contributed by atoms with Gasteiger partial charge in [-0.25, -0.2) is 4.98 Å². The second kappa shape index (κ2) is 5.19. The summed E-state index contributed by atoms with van der Waals surface area (Å²) in [7, 11) is 0. The van der Waals surface area contributed by atoms with Crippen molar-refractivity contribution in [3.05, 3.63) is 30.1 Å². The van der Waals surface area contributed by atoms with Gasteiger partial charge in [-0.2, -0.15) is 0 Å². The molecular weight excluding hydrogens is 248 g/mol. The van der Waals surface area contributed by atoms with E-state index in [2.05, 4.69) is 58.7 Å². The zero-order valence-electron chi connectivity index (χ0n) is 12.7. The fraction of sp³-hybridized carbons (Fsp3) is 0.562. The maximum Gasteiger partial charge on any atom is 0.0958 e. The highest BCUT2D eigenvalue weighted by atomic mass is 15.2. The average Bonchev–Trinajstić information content (AvgIpc) is 2.90. The molecule has 1 aromatic carbocycles. The molecule has 2 aromatic rings. The van der Waals surface area contributed by atoms with Crippen LogP contribution in [0.25, 0.3) is 11.0 Å². The third-order valence-corrected chi connectivity index (χ3v) is 4.58. The standard InChI is InChI=1S/C16H24N4/c1-4-19-12-18-14-11-13(5-6-15(14)19)16(2,3)20-9-7-17-8-10-20/h5-6,11-12,17H,4,7-10H2,1-3H3. The number of fused-ring (bicyclic) bond motifs is 1. The zero-order chi connectivity index (χ0) is 14.2. The molecule has 2 heterocycles. The number of hydrogen-bond acceptors (Lipinski definition) is 3. The minimum absolute atomic E-state index is 0.0618. The number of hydrogen-bond donors (Lipinski definition) is 1. The van der Waals surface area contributed by atoms with E-state index in [1.54, 1.807) is 0 Å². The minimum Gasteiger partial charge on any atom is -0.331 e. The summed E-state index contributed by atoms with van der Waals surface area (Å²) in [5.41, 5.74) is 3.75. The van der Waals surface area contributed by atoms with Crippen molar-refractivity contribution >= 4 is 11.0 Å². The van der Waals surface area contributed by atoms with Gasteiger partial charge in [-0.3, -0.25) is 4.90 Å². The fourth-order valence-electron chi connectivity index (χ4n) is 3.10. The molecule has 0 radical (unpaired) electrons. The molecule has 4 nitrogen and oxygen atoms in total. The van der Waals surface area contributed by atoms with Crippen molar-refractivity contribution < 1.29 is 0 Å². The molecule has 0 saturated carbocycles. The molecule has 1 aromatic heterocycles. The van der Waals surface area contributed by atoms with Crippen LogP contribution in [0.3, 0.4) is 0 Å². The Kier molecular flexibility index (Phi) is 3.52. The maximum atomic E-state index is 4.54. The summed E-state index contributed by atoms with van der Waals surface area (Å²) in [6, 6.07) is 6.73. The molecule has 1 fully saturated rings. The van der Waals surface area contributed by atoms with Crippen LogP contribution in [0.15, 0.2) is 24.5 Å². The van der Waals surface area contributed by atoms with E-state index in [1.807, 2.05) is 6.33 Å². The molecule has 108 valence electrons. The number of rotatable bonds is 3. The Morgan fingerprint density at radius 2 is 2.00 bits per heavy atom. The minimum atomic E-state index is 0.0618. The summed E-state index contributed by atoms with van der Waals surface area (Å²) in [6.45, 7) is 12.1. The smallest absolute Gasteiger partial charge is 0.0958 e. The Labute approximate surface area is 120 Å². The number of benzene rings is 1. The van der Waals surface area contributed by atoms with Gasteiger partial charge in [0, 0.05) is 38.3 Å². The molecule has 1 aliphatic heterocycles. The third-order valence-electron chi connectivity index (χ3n) is 4.58. The Morgan fingerprint density at radius 1 is 1.25 bits per heavy atom. The Hall–Kier alpha value is -1.39. The van der Waals surface area contributed by atoms with Crippen LogP contribution in [0.2, 0.25) is 0 Å². The predicted octanol–water partition coefficient (Wildman–Crippen LogP) is 2.20. The van der Waals surface area contributed by atoms with Crippen molar-refractivity contribution in [1.82, 2.24) is 19.8 Å². The van der Waals surface area contributed by atoms with E-state index in [9.17, 15) is 0 Å². The van der Waals surface area contributed by atoms with E-state index < -0.39 is 0 Å². The van der Waals surface area contributed by atoms with E-state index in [0.717, 1.165) is 38.2 Å². The van der Waals surface area contributed by atoms with Gasteiger partial charge in [-0.15, -0.1) is 0 Å². The SMILES string of the molecule is CCn1cnc2cc(C(C)(C)N3CCNCC3)ccc21. The van der Waals surface area contributed by atoms with E-state index in [4.69, 9.17) is 0 Å². The monoisotopic (exact) mass is 272 g/mol. The lowest BCUT2D eigenvalue weighted by molar-refractivity contribution is 0.103. The quantitative estimate of drug-likeness (QED) is 0.930. The van der Waals surface area contributed by atoms with Crippen molar-refractivity contribution in [1.29, 1.82) is 0 Å². The second-order valence-electron chi connectivity index (χ2n) is 6.03. The van der Waals surface area contributed by atoms with Gasteiger partial charge in [-0.1, -0.05) is 6.07 Å². The molecule has 0 aliphatic carbocycles. The highest BCUT2D eigenvalue weighted by Crippen LogP contribution is 2.30. The lowest BCUT2D eigenvalue weighted by atomic mass is 9.91. The molecule has 4 heteroatoms. The van der Waals surface area contributed by atoms with Crippen LogP contribution in [0, 0.1) is 0 Å². The van der Waals surface area contributed by atoms with Crippen molar-refractivity contribution in [3.63, 3.8) is 0 Å². The van der Waals surface area contributed by atoms with Crippen LogP contribution >= 0.6 is 0 Å². The third kappa shape index (κ3) is 2.23. The van der Waals surface area contributed by atoms with Gasteiger partial charge < -0.3 is 9.88 Å². The van der Waals surface area contributed by atoms with E-state index in [1.165, 1.54) is 11.1 Å². The summed E-state index contributed by atoms with van der Waals surface area (Å²) in [5, 5.41) is 3.42. The van der Waals surface area contributed by atoms with E-state index in [0.29, 0.717) is 0 Å². The molecule has 20 heavy (non-hydrogen) atoms. The largest absolute Gasteiger partial charge is 0.331 e. The van der Waals surface area contributed by atoms with Gasteiger partial charge in [0.05, 0.1) is 17.4 Å². The maximum absolute atomic E-state index is 4.54. The van der Waals surface area contributed by atoms with Crippen LogP contribution in [0.5, 0.6) is 0 Å². The van der Waals surface area contributed by atoms with Gasteiger partial charge in [0.2, 0.25) is 0 Å². The summed E-state index contributed by atoms with van der Waals surface area (Å²) >= 11 is 0. The first kappa shape index (κ1) is 13.6. The first-order valence-electron chi connectivity index (χ1n) is 7.54. The van der Waals surface area contributed by atoms with Gasteiger partial charge in [0.15, 0.2) is 0 Å². The Morgan fingerprint density at radius 3 is 2.70 bits per heavy atom. The van der Waals surface area contributed by atoms with Crippen molar-refractivity contribution in [2.24, 2.45) is 0 Å². The molecular formula is C16H24N4. The molecule has 0 amide bonds. The normalized spacial score (nSPS) is 17.8. The van der Waals surface area contributed by atoms with Crippen molar-refractivity contribution in [2.75, 3.05) is 26.2 Å².